The molecule has 1 atom stereocenters. The van der Waals surface area contributed by atoms with Gasteiger partial charge >= 0.3 is 0 Å². The van der Waals surface area contributed by atoms with Gasteiger partial charge in [0.1, 0.15) is 11.4 Å². The van der Waals surface area contributed by atoms with Crippen LogP contribution in [-0.4, -0.2) is 34.2 Å². The molecule has 0 amide bonds. The number of aromatic nitrogens is 6. The number of imidazole rings is 1. The standard InChI is InChI=1S/C27H29FN6O/c1-6-8-20(25-19(28)9-7-10-29-25)34-21-12-23(27(3,4)35)30-14-18(21)24-22(34)11-17(13-31-24)26-16(2)32-15-33(26)5/h7,9-15,20,35H,6,8H2,1-5H3. The molecule has 7 nitrogen and oxygen atoms in total. The summed E-state index contributed by atoms with van der Waals surface area (Å²) in [6.07, 6.45) is 8.52. The smallest absolute Gasteiger partial charge is 0.146 e. The molecule has 5 aromatic rings. The summed E-state index contributed by atoms with van der Waals surface area (Å²) in [5.74, 6) is -0.343. The Morgan fingerprint density at radius 2 is 1.89 bits per heavy atom. The van der Waals surface area contributed by atoms with E-state index in [0.29, 0.717) is 17.8 Å². The van der Waals surface area contributed by atoms with Crippen LogP contribution in [0.15, 0.2) is 49.2 Å². The number of fused-ring (bicyclic) bond motifs is 3. The van der Waals surface area contributed by atoms with Gasteiger partial charge in [-0.05, 0) is 51.5 Å². The summed E-state index contributed by atoms with van der Waals surface area (Å²) >= 11 is 0. The molecule has 0 spiro atoms. The highest BCUT2D eigenvalue weighted by atomic mass is 19.1. The third kappa shape index (κ3) is 3.87. The van der Waals surface area contributed by atoms with Crippen LogP contribution in [0.3, 0.4) is 0 Å². The van der Waals surface area contributed by atoms with Gasteiger partial charge in [-0.15, -0.1) is 0 Å². The first-order valence-corrected chi connectivity index (χ1v) is 11.8. The van der Waals surface area contributed by atoms with Crippen molar-refractivity contribution in [2.45, 2.75) is 52.2 Å². The SMILES string of the molecule is CCCC(c1ncccc1F)n1c2cc(C(C)(C)O)ncc2c2ncc(-c3c(C)ncn3C)cc21. The number of aliphatic hydroxyl groups is 1. The number of nitrogens with zero attached hydrogens (tertiary/aromatic N) is 6. The van der Waals surface area contributed by atoms with Gasteiger partial charge in [0.05, 0.1) is 51.7 Å². The molecule has 0 aliphatic carbocycles. The minimum Gasteiger partial charge on any atom is -0.384 e. The molecule has 5 heterocycles. The largest absolute Gasteiger partial charge is 0.384 e. The van der Waals surface area contributed by atoms with Crippen LogP contribution in [0.1, 0.15) is 56.7 Å². The van der Waals surface area contributed by atoms with Gasteiger partial charge in [0, 0.05) is 36.6 Å². The Morgan fingerprint density at radius 3 is 2.54 bits per heavy atom. The zero-order valence-corrected chi connectivity index (χ0v) is 20.6. The predicted molar refractivity (Wildman–Crippen MR) is 134 cm³/mol. The Kier molecular flexibility index (Phi) is 5.63. The molecule has 1 unspecified atom stereocenters. The van der Waals surface area contributed by atoms with Gasteiger partial charge in [-0.1, -0.05) is 13.3 Å². The second-order valence-corrected chi connectivity index (χ2v) is 9.57. The van der Waals surface area contributed by atoms with Crippen molar-refractivity contribution in [3.05, 3.63) is 72.1 Å². The zero-order valence-electron chi connectivity index (χ0n) is 20.6. The molecule has 1 N–H and O–H groups in total. The average Bonchev–Trinajstić information content (AvgIpc) is 3.32. The van der Waals surface area contributed by atoms with Gasteiger partial charge in [0.15, 0.2) is 0 Å². The first-order valence-electron chi connectivity index (χ1n) is 11.8. The minimum absolute atomic E-state index is 0.343. The van der Waals surface area contributed by atoms with Crippen LogP contribution < -0.4 is 0 Å². The number of hydrogen-bond acceptors (Lipinski definition) is 5. The summed E-state index contributed by atoms with van der Waals surface area (Å²) in [6.45, 7) is 7.46. The Hall–Kier alpha value is -3.65. The maximum atomic E-state index is 15.1. The number of rotatable bonds is 6. The maximum Gasteiger partial charge on any atom is 0.146 e. The summed E-state index contributed by atoms with van der Waals surface area (Å²) in [5, 5.41) is 11.5. The Bertz CT molecular complexity index is 1530. The van der Waals surface area contributed by atoms with Crippen LogP contribution >= 0.6 is 0 Å². The van der Waals surface area contributed by atoms with Crippen LogP contribution in [-0.2, 0) is 12.6 Å². The van der Waals surface area contributed by atoms with Crippen molar-refractivity contribution in [1.29, 1.82) is 0 Å². The molecule has 180 valence electrons. The molecule has 0 saturated carbocycles. The highest BCUT2D eigenvalue weighted by molar-refractivity contribution is 6.06. The lowest BCUT2D eigenvalue weighted by Crippen LogP contribution is -2.18. The van der Waals surface area contributed by atoms with E-state index >= 15 is 4.39 Å². The van der Waals surface area contributed by atoms with Crippen molar-refractivity contribution in [2.75, 3.05) is 0 Å². The van der Waals surface area contributed by atoms with Crippen LogP contribution in [0.5, 0.6) is 0 Å². The molecule has 8 heteroatoms. The molecule has 5 aromatic heterocycles. The van der Waals surface area contributed by atoms with Gasteiger partial charge in [-0.3, -0.25) is 15.0 Å². The van der Waals surface area contributed by atoms with E-state index in [-0.39, 0.29) is 11.9 Å². The molecule has 0 saturated heterocycles. The lowest BCUT2D eigenvalue weighted by molar-refractivity contribution is 0.0740. The molecule has 0 fully saturated rings. The van der Waals surface area contributed by atoms with E-state index in [2.05, 4.69) is 32.5 Å². The monoisotopic (exact) mass is 472 g/mol. The maximum absolute atomic E-state index is 15.1. The van der Waals surface area contributed by atoms with Crippen molar-refractivity contribution in [3.63, 3.8) is 0 Å². The van der Waals surface area contributed by atoms with Gasteiger partial charge in [-0.25, -0.2) is 9.37 Å². The third-order valence-corrected chi connectivity index (χ3v) is 6.52. The van der Waals surface area contributed by atoms with E-state index in [9.17, 15) is 5.11 Å². The normalized spacial score (nSPS) is 13.1. The lowest BCUT2D eigenvalue weighted by atomic mass is 10.0. The van der Waals surface area contributed by atoms with E-state index < -0.39 is 5.60 Å². The van der Waals surface area contributed by atoms with Gasteiger partial charge in [0.2, 0.25) is 0 Å². The van der Waals surface area contributed by atoms with E-state index in [0.717, 1.165) is 45.3 Å². The Morgan fingerprint density at radius 1 is 1.09 bits per heavy atom. The molecule has 35 heavy (non-hydrogen) atoms. The van der Waals surface area contributed by atoms with E-state index in [1.807, 2.05) is 30.8 Å². The van der Waals surface area contributed by atoms with Crippen LogP contribution in [0.2, 0.25) is 0 Å². The first kappa shape index (κ1) is 23.1. The van der Waals surface area contributed by atoms with Crippen molar-refractivity contribution < 1.29 is 9.50 Å². The highest BCUT2D eigenvalue weighted by Gasteiger charge is 2.27. The van der Waals surface area contributed by atoms with Crippen molar-refractivity contribution in [3.8, 4) is 11.3 Å². The molecule has 5 rings (SSSR count). The van der Waals surface area contributed by atoms with Crippen LogP contribution in [0.25, 0.3) is 33.2 Å². The number of hydrogen-bond donors (Lipinski definition) is 1. The summed E-state index contributed by atoms with van der Waals surface area (Å²) in [4.78, 5) is 18.2. The molecule has 0 bridgehead atoms. The number of pyridine rings is 3. The predicted octanol–water partition coefficient (Wildman–Crippen LogP) is 5.44. The summed E-state index contributed by atoms with van der Waals surface area (Å²) in [6, 6.07) is 6.66. The summed E-state index contributed by atoms with van der Waals surface area (Å²) in [7, 11) is 1.96. The fourth-order valence-electron chi connectivity index (χ4n) is 4.86. The van der Waals surface area contributed by atoms with E-state index in [1.54, 1.807) is 38.6 Å². The topological polar surface area (TPSA) is 81.7 Å². The zero-order chi connectivity index (χ0) is 24.9. The first-order chi connectivity index (χ1) is 16.7. The van der Waals surface area contributed by atoms with Gasteiger partial charge < -0.3 is 14.2 Å². The minimum atomic E-state index is -1.13. The molecule has 0 aliphatic heterocycles. The summed E-state index contributed by atoms with van der Waals surface area (Å²) < 4.78 is 19.2. The van der Waals surface area contributed by atoms with E-state index in [4.69, 9.17) is 4.98 Å². The molecule has 0 aromatic carbocycles. The fourth-order valence-corrected chi connectivity index (χ4v) is 4.86. The third-order valence-electron chi connectivity index (χ3n) is 6.52. The van der Waals surface area contributed by atoms with Crippen LogP contribution in [0, 0.1) is 12.7 Å². The molecular formula is C27H29FN6O. The Balaban J connectivity index is 1.88. The van der Waals surface area contributed by atoms with Crippen LogP contribution in [0.4, 0.5) is 4.39 Å². The second kappa shape index (κ2) is 8.53. The fraction of sp³-hybridized carbons (Fsp3) is 0.333. The van der Waals surface area contributed by atoms with Crippen molar-refractivity contribution >= 4 is 21.9 Å². The molecular weight excluding hydrogens is 443 g/mol. The van der Waals surface area contributed by atoms with Gasteiger partial charge in [-0.2, -0.15) is 0 Å². The van der Waals surface area contributed by atoms with Crippen molar-refractivity contribution in [1.82, 2.24) is 29.1 Å². The lowest BCUT2D eigenvalue weighted by Gasteiger charge is -2.22. The highest BCUT2D eigenvalue weighted by Crippen LogP contribution is 2.38. The number of halogens is 1. The molecule has 0 radical (unpaired) electrons. The Labute approximate surface area is 203 Å². The quantitative estimate of drug-likeness (QED) is 0.356. The van der Waals surface area contributed by atoms with E-state index in [1.165, 1.54) is 6.07 Å². The second-order valence-electron chi connectivity index (χ2n) is 9.57. The number of aryl methyl sites for hydroxylation is 2. The average molecular weight is 473 g/mol. The van der Waals surface area contributed by atoms with Gasteiger partial charge in [0.25, 0.3) is 0 Å². The summed E-state index contributed by atoms with van der Waals surface area (Å²) in [5.41, 5.74) is 5.06. The van der Waals surface area contributed by atoms with Crippen molar-refractivity contribution in [2.24, 2.45) is 7.05 Å². The molecule has 0 aliphatic rings.